The Kier molecular flexibility index (Phi) is 27.0. The van der Waals surface area contributed by atoms with E-state index in [1.807, 2.05) is 0 Å². The zero-order valence-corrected chi connectivity index (χ0v) is 24.2. The molecule has 0 fully saturated rings. The quantitative estimate of drug-likeness (QED) is 0.120. The molecule has 0 aromatic rings. The van der Waals surface area contributed by atoms with Gasteiger partial charge in [0.1, 0.15) is 5.78 Å². The minimum Gasteiger partial charge on any atom is -1.00 e. The SMILES string of the molecule is CCCCCCCCCCCCNC(CCC)[P+](CCC)(CCCC)CCCC.[Br-]. The first-order chi connectivity index (χ1) is 14.2. The predicted molar refractivity (Wildman–Crippen MR) is 140 cm³/mol. The molecule has 30 heavy (non-hydrogen) atoms. The number of nitrogens with one attached hydrogen (secondary N) is 1. The summed E-state index contributed by atoms with van der Waals surface area (Å²) in [6.07, 6.45) is 28.8. The fraction of sp³-hybridized carbons (Fsp3) is 1.00. The Morgan fingerprint density at radius 1 is 0.500 bits per heavy atom. The van der Waals surface area contributed by atoms with Gasteiger partial charge in [0.05, 0.1) is 18.5 Å². The van der Waals surface area contributed by atoms with Crippen molar-refractivity contribution in [1.29, 1.82) is 0 Å². The van der Waals surface area contributed by atoms with Crippen LogP contribution in [0, 0.1) is 0 Å². The first-order valence-electron chi connectivity index (χ1n) is 13.8. The Balaban J connectivity index is 0. The van der Waals surface area contributed by atoms with E-state index in [0.717, 1.165) is 5.78 Å². The van der Waals surface area contributed by atoms with Crippen LogP contribution in [-0.2, 0) is 0 Å². The topological polar surface area (TPSA) is 12.0 Å². The van der Waals surface area contributed by atoms with Crippen LogP contribution in [0.4, 0.5) is 0 Å². The number of hydrogen-bond acceptors (Lipinski definition) is 1. The third-order valence-corrected chi connectivity index (χ3v) is 12.2. The van der Waals surface area contributed by atoms with Crippen molar-refractivity contribution in [2.75, 3.05) is 25.0 Å². The Bertz CT molecular complexity index is 316. The maximum absolute atomic E-state index is 4.14. The van der Waals surface area contributed by atoms with Crippen LogP contribution in [-0.4, -0.2) is 30.8 Å². The molecule has 0 aromatic heterocycles. The van der Waals surface area contributed by atoms with Gasteiger partial charge in [0.2, 0.25) is 0 Å². The minimum atomic E-state index is -0.847. The summed E-state index contributed by atoms with van der Waals surface area (Å²) in [4.78, 5) is 0. The normalized spacial score (nSPS) is 12.7. The van der Waals surface area contributed by atoms with E-state index in [1.54, 1.807) is 12.3 Å². The van der Waals surface area contributed by atoms with Crippen LogP contribution < -0.4 is 22.3 Å². The fourth-order valence-electron chi connectivity index (χ4n) is 4.92. The van der Waals surface area contributed by atoms with Crippen LogP contribution in [0.5, 0.6) is 0 Å². The molecule has 0 heterocycles. The molecular weight excluding hydrogens is 449 g/mol. The van der Waals surface area contributed by atoms with Crippen molar-refractivity contribution in [2.45, 2.75) is 150 Å². The molecule has 3 heteroatoms. The van der Waals surface area contributed by atoms with Crippen LogP contribution in [0.25, 0.3) is 0 Å². The molecule has 1 N–H and O–H groups in total. The van der Waals surface area contributed by atoms with Crippen molar-refractivity contribution in [3.8, 4) is 0 Å². The number of unbranched alkanes of at least 4 members (excludes halogenated alkanes) is 11. The van der Waals surface area contributed by atoms with E-state index in [9.17, 15) is 0 Å². The molecular formula is C27H59BrNP. The van der Waals surface area contributed by atoms with Crippen LogP contribution in [0.1, 0.15) is 144 Å². The molecule has 0 radical (unpaired) electrons. The lowest BCUT2D eigenvalue weighted by Gasteiger charge is -2.36. The Labute approximate surface area is 203 Å². The van der Waals surface area contributed by atoms with Crippen molar-refractivity contribution >= 4 is 7.26 Å². The van der Waals surface area contributed by atoms with Gasteiger partial charge in [0.15, 0.2) is 0 Å². The molecule has 0 amide bonds. The Morgan fingerprint density at radius 2 is 0.967 bits per heavy atom. The highest BCUT2D eigenvalue weighted by atomic mass is 79.9. The van der Waals surface area contributed by atoms with Gasteiger partial charge in [-0.1, -0.05) is 112 Å². The summed E-state index contributed by atoms with van der Waals surface area (Å²) in [6.45, 7) is 13.2. The highest BCUT2D eigenvalue weighted by molar-refractivity contribution is 7.76. The van der Waals surface area contributed by atoms with E-state index in [1.165, 1.54) is 122 Å². The third-order valence-electron chi connectivity index (χ3n) is 6.72. The number of halogens is 1. The first-order valence-corrected chi connectivity index (χ1v) is 16.2. The lowest BCUT2D eigenvalue weighted by molar-refractivity contribution is -0.00000670. The maximum Gasteiger partial charge on any atom is 0.119 e. The molecule has 0 bridgehead atoms. The van der Waals surface area contributed by atoms with E-state index in [0.29, 0.717) is 0 Å². The molecule has 0 aliphatic rings. The molecule has 1 atom stereocenters. The zero-order chi connectivity index (χ0) is 21.6. The van der Waals surface area contributed by atoms with Crippen LogP contribution in [0.15, 0.2) is 0 Å². The molecule has 1 nitrogen and oxygen atoms in total. The average molecular weight is 509 g/mol. The highest BCUT2D eigenvalue weighted by Crippen LogP contribution is 2.64. The van der Waals surface area contributed by atoms with Gasteiger partial charge in [-0.15, -0.1) is 0 Å². The largest absolute Gasteiger partial charge is 1.00 e. The summed E-state index contributed by atoms with van der Waals surface area (Å²) in [5, 5.41) is 4.14. The first kappa shape index (κ1) is 33.0. The van der Waals surface area contributed by atoms with Gasteiger partial charge in [0.25, 0.3) is 0 Å². The van der Waals surface area contributed by atoms with Crippen molar-refractivity contribution in [3.05, 3.63) is 0 Å². The Hall–Kier alpha value is 0.870. The van der Waals surface area contributed by atoms with Crippen LogP contribution >= 0.6 is 7.26 Å². The molecule has 0 aromatic carbocycles. The second kappa shape index (κ2) is 24.5. The maximum atomic E-state index is 4.14. The minimum absolute atomic E-state index is 0. The van der Waals surface area contributed by atoms with Crippen LogP contribution in [0.2, 0.25) is 0 Å². The molecule has 0 spiro atoms. The van der Waals surface area contributed by atoms with Gasteiger partial charge >= 0.3 is 0 Å². The lowest BCUT2D eigenvalue weighted by atomic mass is 10.1. The molecule has 0 saturated heterocycles. The van der Waals surface area contributed by atoms with E-state index in [2.05, 4.69) is 39.9 Å². The summed E-state index contributed by atoms with van der Waals surface area (Å²) < 4.78 is 0. The van der Waals surface area contributed by atoms with Crippen molar-refractivity contribution in [1.82, 2.24) is 5.32 Å². The number of rotatable bonds is 23. The summed E-state index contributed by atoms with van der Waals surface area (Å²) in [5.41, 5.74) is 0. The standard InChI is InChI=1S/C27H59NP.BrH/c1-6-11-14-15-16-17-18-19-20-21-23-28-27(22-9-4)29(24-10-5,25-12-7-2)26-13-8-3;/h27-28H,6-26H2,1-5H3;1H/q+1;/p-1. The molecule has 0 aliphatic carbocycles. The second-order valence-corrected chi connectivity index (χ2v) is 13.9. The average Bonchev–Trinajstić information content (AvgIpc) is 2.73. The zero-order valence-electron chi connectivity index (χ0n) is 21.8. The van der Waals surface area contributed by atoms with E-state index in [4.69, 9.17) is 0 Å². The van der Waals surface area contributed by atoms with Crippen molar-refractivity contribution in [3.63, 3.8) is 0 Å². The van der Waals surface area contributed by atoms with E-state index in [-0.39, 0.29) is 17.0 Å². The van der Waals surface area contributed by atoms with Crippen molar-refractivity contribution in [2.24, 2.45) is 0 Å². The van der Waals surface area contributed by atoms with E-state index >= 15 is 0 Å². The number of hydrogen-bond donors (Lipinski definition) is 1. The van der Waals surface area contributed by atoms with E-state index < -0.39 is 7.26 Å². The highest BCUT2D eigenvalue weighted by Gasteiger charge is 2.42. The molecule has 0 aliphatic heterocycles. The Morgan fingerprint density at radius 3 is 1.40 bits per heavy atom. The summed E-state index contributed by atoms with van der Waals surface area (Å²) in [6, 6.07) is 0. The summed E-state index contributed by atoms with van der Waals surface area (Å²) in [5.74, 6) is 0.851. The van der Waals surface area contributed by atoms with Gasteiger partial charge in [-0.05, 0) is 38.6 Å². The molecule has 184 valence electrons. The van der Waals surface area contributed by atoms with Gasteiger partial charge in [0, 0.05) is 7.26 Å². The van der Waals surface area contributed by atoms with Gasteiger partial charge in [-0.2, -0.15) is 0 Å². The second-order valence-electron chi connectivity index (χ2n) is 9.54. The molecule has 1 unspecified atom stereocenters. The van der Waals surface area contributed by atoms with Crippen LogP contribution in [0.3, 0.4) is 0 Å². The summed E-state index contributed by atoms with van der Waals surface area (Å²) in [7, 11) is -0.847. The smallest absolute Gasteiger partial charge is 0.119 e. The summed E-state index contributed by atoms with van der Waals surface area (Å²) >= 11 is 0. The van der Waals surface area contributed by atoms with Gasteiger partial charge < -0.3 is 17.0 Å². The molecule has 0 saturated carbocycles. The third kappa shape index (κ3) is 16.5. The monoisotopic (exact) mass is 507 g/mol. The van der Waals surface area contributed by atoms with Crippen molar-refractivity contribution < 1.29 is 17.0 Å². The van der Waals surface area contributed by atoms with Gasteiger partial charge in [-0.3, -0.25) is 5.32 Å². The molecule has 0 rings (SSSR count). The fourth-order valence-corrected chi connectivity index (χ4v) is 10.6. The lowest BCUT2D eigenvalue weighted by Crippen LogP contribution is -3.00. The van der Waals surface area contributed by atoms with Gasteiger partial charge in [-0.25, -0.2) is 0 Å². The predicted octanol–water partition coefficient (Wildman–Crippen LogP) is 6.65.